The van der Waals surface area contributed by atoms with Crippen LogP contribution in [-0.4, -0.2) is 11.1 Å². The molecule has 1 atom stereocenters. The van der Waals surface area contributed by atoms with Crippen LogP contribution in [0.3, 0.4) is 0 Å². The van der Waals surface area contributed by atoms with E-state index in [2.05, 4.69) is 13.3 Å². The van der Waals surface area contributed by atoms with Crippen LogP contribution in [0.2, 0.25) is 0 Å². The Morgan fingerprint density at radius 1 is 1.00 bits per heavy atom. The quantitative estimate of drug-likeness (QED) is 0.458. The zero-order valence-corrected chi connectivity index (χ0v) is 12.3. The number of aliphatic carboxylic acids is 1. The minimum Gasteiger partial charge on any atom is -0.481 e. The molecule has 0 rings (SSSR count). The summed E-state index contributed by atoms with van der Waals surface area (Å²) in [5.74, 6) is -0.740. The summed E-state index contributed by atoms with van der Waals surface area (Å²) >= 11 is 0. The molecule has 0 aromatic carbocycles. The van der Waals surface area contributed by atoms with Crippen molar-refractivity contribution in [2.45, 2.75) is 84.5 Å². The maximum absolute atomic E-state index is 10.8. The van der Waals surface area contributed by atoms with Crippen LogP contribution in [0.4, 0.5) is 0 Å². The third-order valence-electron chi connectivity index (χ3n) is 3.56. The Balaban J connectivity index is 3.18. The molecular formula is C16H31O2. The largest absolute Gasteiger partial charge is 0.481 e. The number of carboxylic acid groups (broad SMARTS) is 1. The van der Waals surface area contributed by atoms with E-state index in [0.717, 1.165) is 19.3 Å². The molecule has 1 radical (unpaired) electrons. The van der Waals surface area contributed by atoms with Crippen molar-refractivity contribution in [2.75, 3.05) is 0 Å². The van der Waals surface area contributed by atoms with E-state index in [1.807, 2.05) is 6.92 Å². The normalized spacial score (nSPS) is 12.6. The summed E-state index contributed by atoms with van der Waals surface area (Å²) in [6.07, 6.45) is 15.3. The predicted octanol–water partition coefficient (Wildman–Crippen LogP) is 5.22. The van der Waals surface area contributed by atoms with Crippen molar-refractivity contribution in [3.8, 4) is 0 Å². The van der Waals surface area contributed by atoms with Gasteiger partial charge in [-0.25, -0.2) is 0 Å². The summed E-state index contributed by atoms with van der Waals surface area (Å²) in [7, 11) is 0. The molecule has 0 aromatic heterocycles. The first kappa shape index (κ1) is 17.5. The third kappa shape index (κ3) is 10.6. The lowest BCUT2D eigenvalue weighted by Gasteiger charge is -2.08. The van der Waals surface area contributed by atoms with Crippen molar-refractivity contribution >= 4 is 5.97 Å². The smallest absolute Gasteiger partial charge is 0.306 e. The molecule has 18 heavy (non-hydrogen) atoms. The zero-order chi connectivity index (χ0) is 13.6. The van der Waals surface area contributed by atoms with E-state index in [1.54, 1.807) is 0 Å². The number of hydrogen-bond acceptors (Lipinski definition) is 1. The maximum atomic E-state index is 10.8. The van der Waals surface area contributed by atoms with Gasteiger partial charge in [-0.15, -0.1) is 0 Å². The van der Waals surface area contributed by atoms with Crippen molar-refractivity contribution < 1.29 is 9.90 Å². The van der Waals surface area contributed by atoms with Gasteiger partial charge in [0.05, 0.1) is 5.92 Å². The highest BCUT2D eigenvalue weighted by Crippen LogP contribution is 2.15. The first-order chi connectivity index (χ1) is 8.72. The summed E-state index contributed by atoms with van der Waals surface area (Å²) in [6, 6.07) is 0. The third-order valence-corrected chi connectivity index (χ3v) is 3.56. The fourth-order valence-electron chi connectivity index (χ4n) is 2.20. The first-order valence-electron chi connectivity index (χ1n) is 7.76. The topological polar surface area (TPSA) is 37.3 Å². The van der Waals surface area contributed by atoms with Crippen molar-refractivity contribution in [2.24, 2.45) is 5.92 Å². The van der Waals surface area contributed by atoms with E-state index in [1.165, 1.54) is 51.4 Å². The molecule has 1 N–H and O–H groups in total. The van der Waals surface area contributed by atoms with Gasteiger partial charge in [0.2, 0.25) is 0 Å². The average molecular weight is 255 g/mol. The van der Waals surface area contributed by atoms with Gasteiger partial charge in [0, 0.05) is 0 Å². The SMILES string of the molecule is CCCC[CH]CCCCCCCC(CC)C(=O)O. The Bertz CT molecular complexity index is 190. The van der Waals surface area contributed by atoms with Crippen LogP contribution in [0.1, 0.15) is 84.5 Å². The second-order valence-electron chi connectivity index (χ2n) is 5.22. The number of carboxylic acids is 1. The molecule has 2 heteroatoms. The van der Waals surface area contributed by atoms with Crippen LogP contribution >= 0.6 is 0 Å². The second-order valence-corrected chi connectivity index (χ2v) is 5.22. The highest BCUT2D eigenvalue weighted by atomic mass is 16.4. The number of carbonyl (C=O) groups is 1. The Labute approximate surface area is 113 Å². The Kier molecular flexibility index (Phi) is 12.5. The highest BCUT2D eigenvalue weighted by Gasteiger charge is 2.13. The Morgan fingerprint density at radius 3 is 2.22 bits per heavy atom. The lowest BCUT2D eigenvalue weighted by Crippen LogP contribution is -2.12. The minimum absolute atomic E-state index is 0.118. The fraction of sp³-hybridized carbons (Fsp3) is 0.875. The molecule has 0 aliphatic carbocycles. The van der Waals surface area contributed by atoms with Gasteiger partial charge >= 0.3 is 5.97 Å². The van der Waals surface area contributed by atoms with Gasteiger partial charge < -0.3 is 5.11 Å². The molecule has 0 aliphatic rings. The van der Waals surface area contributed by atoms with Crippen LogP contribution in [-0.2, 0) is 4.79 Å². The average Bonchev–Trinajstić information content (AvgIpc) is 2.35. The van der Waals surface area contributed by atoms with E-state index in [9.17, 15) is 4.79 Å². The number of hydrogen-bond donors (Lipinski definition) is 1. The minimum atomic E-state index is -0.622. The van der Waals surface area contributed by atoms with E-state index in [-0.39, 0.29) is 5.92 Å². The second kappa shape index (κ2) is 12.9. The van der Waals surface area contributed by atoms with Crippen LogP contribution in [0.25, 0.3) is 0 Å². The molecule has 2 nitrogen and oxygen atoms in total. The Morgan fingerprint density at radius 2 is 1.61 bits per heavy atom. The molecule has 1 unspecified atom stereocenters. The molecule has 0 saturated carbocycles. The van der Waals surface area contributed by atoms with E-state index < -0.39 is 5.97 Å². The zero-order valence-electron chi connectivity index (χ0n) is 12.3. The van der Waals surface area contributed by atoms with Gasteiger partial charge in [-0.1, -0.05) is 71.6 Å². The molecular weight excluding hydrogens is 224 g/mol. The lowest BCUT2D eigenvalue weighted by atomic mass is 9.98. The van der Waals surface area contributed by atoms with Crippen LogP contribution in [0, 0.1) is 12.3 Å². The van der Waals surface area contributed by atoms with Crippen molar-refractivity contribution in [1.82, 2.24) is 0 Å². The van der Waals surface area contributed by atoms with Gasteiger partial charge in [0.1, 0.15) is 0 Å². The molecule has 0 aliphatic heterocycles. The molecule has 0 aromatic rings. The van der Waals surface area contributed by atoms with Gasteiger partial charge in [-0.3, -0.25) is 4.79 Å². The van der Waals surface area contributed by atoms with Gasteiger partial charge in [0.15, 0.2) is 0 Å². The molecule has 107 valence electrons. The van der Waals surface area contributed by atoms with E-state index in [0.29, 0.717) is 0 Å². The molecule has 0 heterocycles. The van der Waals surface area contributed by atoms with E-state index in [4.69, 9.17) is 5.11 Å². The molecule has 0 spiro atoms. The summed E-state index contributed by atoms with van der Waals surface area (Å²) in [5, 5.41) is 8.91. The number of rotatable bonds is 13. The van der Waals surface area contributed by atoms with Gasteiger partial charge in [0.25, 0.3) is 0 Å². The monoisotopic (exact) mass is 255 g/mol. The highest BCUT2D eigenvalue weighted by molar-refractivity contribution is 5.69. The maximum Gasteiger partial charge on any atom is 0.306 e. The first-order valence-corrected chi connectivity index (χ1v) is 7.76. The summed E-state index contributed by atoms with van der Waals surface area (Å²) in [6.45, 7) is 4.19. The fourth-order valence-corrected chi connectivity index (χ4v) is 2.20. The van der Waals surface area contributed by atoms with Gasteiger partial charge in [-0.2, -0.15) is 0 Å². The summed E-state index contributed by atoms with van der Waals surface area (Å²) in [5.41, 5.74) is 0. The molecule has 0 fully saturated rings. The Hall–Kier alpha value is -0.530. The summed E-state index contributed by atoms with van der Waals surface area (Å²) < 4.78 is 0. The van der Waals surface area contributed by atoms with E-state index >= 15 is 0 Å². The van der Waals surface area contributed by atoms with Crippen molar-refractivity contribution in [1.29, 1.82) is 0 Å². The number of unbranched alkanes of at least 4 members (excludes halogenated alkanes) is 9. The summed E-state index contributed by atoms with van der Waals surface area (Å²) in [4.78, 5) is 10.8. The van der Waals surface area contributed by atoms with Crippen LogP contribution < -0.4 is 0 Å². The molecule has 0 amide bonds. The van der Waals surface area contributed by atoms with Crippen LogP contribution in [0.5, 0.6) is 0 Å². The standard InChI is InChI=1S/C16H31O2/c1-3-5-6-7-8-9-10-11-12-13-14-15(4-2)16(17)18/h7,15H,3-6,8-14H2,1-2H3,(H,17,18). The molecule has 0 bridgehead atoms. The van der Waals surface area contributed by atoms with Gasteiger partial charge in [-0.05, 0) is 19.3 Å². The van der Waals surface area contributed by atoms with Crippen molar-refractivity contribution in [3.63, 3.8) is 0 Å². The van der Waals surface area contributed by atoms with Crippen LogP contribution in [0.15, 0.2) is 0 Å². The predicted molar refractivity (Wildman–Crippen MR) is 77.6 cm³/mol. The lowest BCUT2D eigenvalue weighted by molar-refractivity contribution is -0.142. The van der Waals surface area contributed by atoms with Crippen molar-refractivity contribution in [3.05, 3.63) is 6.42 Å². The molecule has 0 saturated heterocycles.